The average molecular weight is 223 g/mol. The van der Waals surface area contributed by atoms with E-state index in [-0.39, 0.29) is 17.8 Å². The number of hydrogen-bond donors (Lipinski definition) is 0. The molecule has 2 unspecified atom stereocenters. The lowest BCUT2D eigenvalue weighted by molar-refractivity contribution is 0.0755. The molecule has 1 aliphatic rings. The van der Waals surface area contributed by atoms with Gasteiger partial charge in [-0.2, -0.15) is 0 Å². The molecule has 2 rings (SSSR count). The predicted octanol–water partition coefficient (Wildman–Crippen LogP) is 1.30. The first-order valence-corrected chi connectivity index (χ1v) is 5.78. The minimum absolute atomic E-state index is 0.0116. The van der Waals surface area contributed by atoms with Gasteiger partial charge in [-0.05, 0) is 19.8 Å². The fourth-order valence-electron chi connectivity index (χ4n) is 2.09. The van der Waals surface area contributed by atoms with E-state index >= 15 is 0 Å². The highest BCUT2D eigenvalue weighted by atomic mass is 16.5. The molecule has 0 aromatic carbocycles. The maximum atomic E-state index is 12.2. The molecule has 0 radical (unpaired) electrons. The van der Waals surface area contributed by atoms with Gasteiger partial charge >= 0.3 is 0 Å². The number of carbonyl (C=O) groups excluding carboxylic acids is 1. The third-order valence-corrected chi connectivity index (χ3v) is 3.02. The van der Waals surface area contributed by atoms with Gasteiger partial charge in [0.25, 0.3) is 0 Å². The molecule has 1 fully saturated rings. The summed E-state index contributed by atoms with van der Waals surface area (Å²) in [6.07, 6.45) is 3.32. The lowest BCUT2D eigenvalue weighted by Gasteiger charge is -2.12. The third-order valence-electron chi connectivity index (χ3n) is 3.02. The number of aryl methyl sites for hydroxylation is 1. The molecule has 0 aliphatic carbocycles. The summed E-state index contributed by atoms with van der Waals surface area (Å²) in [5, 5.41) is 7.74. The van der Waals surface area contributed by atoms with Crippen molar-refractivity contribution in [2.75, 3.05) is 6.61 Å². The Labute approximate surface area is 94.8 Å². The van der Waals surface area contributed by atoms with Crippen LogP contribution in [0.5, 0.6) is 0 Å². The van der Waals surface area contributed by atoms with Crippen LogP contribution in [0.1, 0.15) is 37.2 Å². The quantitative estimate of drug-likeness (QED) is 0.722. The second-order valence-electron chi connectivity index (χ2n) is 4.18. The van der Waals surface area contributed by atoms with Crippen LogP contribution in [0.3, 0.4) is 0 Å². The molecule has 0 amide bonds. The van der Waals surface area contributed by atoms with Crippen molar-refractivity contribution >= 4 is 5.78 Å². The van der Waals surface area contributed by atoms with Gasteiger partial charge in [-0.3, -0.25) is 4.79 Å². The van der Waals surface area contributed by atoms with Gasteiger partial charge in [0, 0.05) is 13.2 Å². The van der Waals surface area contributed by atoms with E-state index in [2.05, 4.69) is 17.2 Å². The normalized spacial score (nSPS) is 24.9. The molecule has 5 heteroatoms. The molecule has 2 heterocycles. The fraction of sp³-hybridized carbons (Fsp3) is 0.727. The van der Waals surface area contributed by atoms with Crippen molar-refractivity contribution in [1.29, 1.82) is 0 Å². The largest absolute Gasteiger partial charge is 0.378 e. The van der Waals surface area contributed by atoms with Crippen LogP contribution in [-0.2, 0) is 11.3 Å². The smallest absolute Gasteiger partial charge is 0.188 e. The summed E-state index contributed by atoms with van der Waals surface area (Å²) in [6.45, 7) is 5.41. The summed E-state index contributed by atoms with van der Waals surface area (Å²) >= 11 is 0. The van der Waals surface area contributed by atoms with Crippen molar-refractivity contribution in [3.05, 3.63) is 11.9 Å². The van der Waals surface area contributed by atoms with Crippen molar-refractivity contribution in [3.63, 3.8) is 0 Å². The van der Waals surface area contributed by atoms with Crippen molar-refractivity contribution < 1.29 is 9.53 Å². The molecule has 1 aliphatic heterocycles. The predicted molar refractivity (Wildman–Crippen MR) is 58.2 cm³/mol. The Balaban J connectivity index is 2.16. The second kappa shape index (κ2) is 4.74. The topological polar surface area (TPSA) is 57.0 Å². The Hall–Kier alpha value is -1.23. The van der Waals surface area contributed by atoms with Crippen LogP contribution >= 0.6 is 0 Å². The molecule has 1 saturated heterocycles. The van der Waals surface area contributed by atoms with Crippen LogP contribution in [-0.4, -0.2) is 33.5 Å². The van der Waals surface area contributed by atoms with Crippen LogP contribution in [0.4, 0.5) is 0 Å². The van der Waals surface area contributed by atoms with Gasteiger partial charge in [-0.15, -0.1) is 5.10 Å². The number of rotatable bonds is 4. The van der Waals surface area contributed by atoms with E-state index in [0.29, 0.717) is 12.3 Å². The van der Waals surface area contributed by atoms with E-state index in [1.54, 1.807) is 10.9 Å². The summed E-state index contributed by atoms with van der Waals surface area (Å²) in [5.41, 5.74) is 0.615. The van der Waals surface area contributed by atoms with Gasteiger partial charge in [0.05, 0.1) is 18.2 Å². The minimum Gasteiger partial charge on any atom is -0.378 e. The number of carbonyl (C=O) groups is 1. The summed E-state index contributed by atoms with van der Waals surface area (Å²) in [7, 11) is 0. The van der Waals surface area contributed by atoms with Crippen LogP contribution < -0.4 is 0 Å². The fourth-order valence-corrected chi connectivity index (χ4v) is 2.09. The second-order valence-corrected chi connectivity index (χ2v) is 4.18. The minimum atomic E-state index is -0.0332. The lowest BCUT2D eigenvalue weighted by atomic mass is 9.95. The number of Topliss-reactive ketones (excluding diaryl/α,β-unsaturated/α-hetero) is 1. The highest BCUT2D eigenvalue weighted by molar-refractivity contribution is 5.96. The van der Waals surface area contributed by atoms with Crippen LogP contribution in [0.2, 0.25) is 0 Å². The molecule has 88 valence electrons. The summed E-state index contributed by atoms with van der Waals surface area (Å²) in [6, 6.07) is 0. The molecule has 0 bridgehead atoms. The maximum Gasteiger partial charge on any atom is 0.188 e. The summed E-state index contributed by atoms with van der Waals surface area (Å²) in [4.78, 5) is 12.2. The van der Waals surface area contributed by atoms with E-state index in [0.717, 1.165) is 19.4 Å². The Bertz CT molecular complexity index is 375. The van der Waals surface area contributed by atoms with E-state index in [1.165, 1.54) is 0 Å². The van der Waals surface area contributed by atoms with E-state index in [1.807, 2.05) is 6.92 Å². The number of ketones is 1. The van der Waals surface area contributed by atoms with Gasteiger partial charge in [0.1, 0.15) is 5.69 Å². The van der Waals surface area contributed by atoms with Gasteiger partial charge < -0.3 is 4.74 Å². The highest BCUT2D eigenvalue weighted by Gasteiger charge is 2.33. The Morgan fingerprint density at radius 1 is 1.69 bits per heavy atom. The van der Waals surface area contributed by atoms with Gasteiger partial charge in [-0.1, -0.05) is 12.1 Å². The van der Waals surface area contributed by atoms with Crippen LogP contribution in [0.15, 0.2) is 6.20 Å². The standard InChI is InChI=1S/C11H17N3O2/c1-3-5-14-10(7-12-13-14)11(15)9-4-6-16-8(9)2/h7-9H,3-6H2,1-2H3. The SMILES string of the molecule is CCCn1nncc1C(=O)C1CCOC1C. The summed E-state index contributed by atoms with van der Waals surface area (Å²) < 4.78 is 7.10. The number of nitrogens with zero attached hydrogens (tertiary/aromatic N) is 3. The van der Waals surface area contributed by atoms with Crippen molar-refractivity contribution in [3.8, 4) is 0 Å². The summed E-state index contributed by atoms with van der Waals surface area (Å²) in [5.74, 6) is 0.0811. The Kier molecular flexibility index (Phi) is 3.33. The van der Waals surface area contributed by atoms with Crippen molar-refractivity contribution in [2.24, 2.45) is 5.92 Å². The van der Waals surface area contributed by atoms with Crippen LogP contribution in [0, 0.1) is 5.92 Å². The first kappa shape index (κ1) is 11.3. The zero-order valence-corrected chi connectivity index (χ0v) is 9.72. The van der Waals surface area contributed by atoms with Crippen molar-refractivity contribution in [2.45, 2.75) is 39.3 Å². The molecule has 1 aromatic rings. The van der Waals surface area contributed by atoms with E-state index in [9.17, 15) is 4.79 Å². The molecule has 5 nitrogen and oxygen atoms in total. The lowest BCUT2D eigenvalue weighted by Crippen LogP contribution is -2.24. The molecule has 0 saturated carbocycles. The van der Waals surface area contributed by atoms with Gasteiger partial charge in [0.2, 0.25) is 0 Å². The zero-order valence-electron chi connectivity index (χ0n) is 9.72. The number of ether oxygens (including phenoxy) is 1. The number of aromatic nitrogens is 3. The first-order chi connectivity index (χ1) is 7.74. The van der Waals surface area contributed by atoms with Crippen LogP contribution in [0.25, 0.3) is 0 Å². The van der Waals surface area contributed by atoms with Crippen molar-refractivity contribution in [1.82, 2.24) is 15.0 Å². The molecule has 1 aromatic heterocycles. The molecule has 0 spiro atoms. The molecular weight excluding hydrogens is 206 g/mol. The first-order valence-electron chi connectivity index (χ1n) is 5.78. The van der Waals surface area contributed by atoms with Gasteiger partial charge in [0.15, 0.2) is 5.78 Å². The van der Waals surface area contributed by atoms with Gasteiger partial charge in [-0.25, -0.2) is 4.68 Å². The zero-order chi connectivity index (χ0) is 11.5. The monoisotopic (exact) mass is 223 g/mol. The Morgan fingerprint density at radius 2 is 2.50 bits per heavy atom. The molecule has 0 N–H and O–H groups in total. The van der Waals surface area contributed by atoms with E-state index < -0.39 is 0 Å². The number of hydrogen-bond acceptors (Lipinski definition) is 4. The molecule has 16 heavy (non-hydrogen) atoms. The average Bonchev–Trinajstić information content (AvgIpc) is 2.87. The van der Waals surface area contributed by atoms with E-state index in [4.69, 9.17) is 4.74 Å². The highest BCUT2D eigenvalue weighted by Crippen LogP contribution is 2.24. The third kappa shape index (κ3) is 2.00. The molecular formula is C11H17N3O2. The maximum absolute atomic E-state index is 12.2. The Morgan fingerprint density at radius 3 is 3.12 bits per heavy atom. The molecule has 2 atom stereocenters.